The molecule has 2 heterocycles. The minimum atomic E-state index is -0.325. The van der Waals surface area contributed by atoms with E-state index in [1.807, 2.05) is 13.8 Å². The van der Waals surface area contributed by atoms with Gasteiger partial charge in [-0.3, -0.25) is 4.79 Å². The van der Waals surface area contributed by atoms with E-state index in [0.29, 0.717) is 16.5 Å². The Morgan fingerprint density at radius 3 is 2.48 bits per heavy atom. The monoisotopic (exact) mass is 361 g/mol. The summed E-state index contributed by atoms with van der Waals surface area (Å²) in [6, 6.07) is 5.79. The maximum absolute atomic E-state index is 13.0. The zero-order chi connectivity index (χ0) is 18.0. The Kier molecular flexibility index (Phi) is 5.33. The number of rotatable bonds is 4. The first-order chi connectivity index (χ1) is 12.0. The zero-order valence-corrected chi connectivity index (χ0v) is 15.2. The van der Waals surface area contributed by atoms with Gasteiger partial charge in [0.25, 0.3) is 0 Å². The topological polar surface area (TPSA) is 46.1 Å². The van der Waals surface area contributed by atoms with Gasteiger partial charge < -0.3 is 4.90 Å². The summed E-state index contributed by atoms with van der Waals surface area (Å²) in [7, 11) is 0. The molecular weight excluding hydrogens is 341 g/mol. The fourth-order valence-electron chi connectivity index (χ4n) is 3.32. The number of hydrogen-bond donors (Lipinski definition) is 0. The van der Waals surface area contributed by atoms with Crippen LogP contribution in [0.4, 0.5) is 10.2 Å². The van der Waals surface area contributed by atoms with Gasteiger partial charge in [-0.15, -0.1) is 0 Å². The predicted octanol–water partition coefficient (Wildman–Crippen LogP) is 4.24. The molecule has 0 amide bonds. The van der Waals surface area contributed by atoms with Crippen LogP contribution in [0.15, 0.2) is 24.3 Å². The molecule has 132 valence electrons. The van der Waals surface area contributed by atoms with Gasteiger partial charge in [-0.25, -0.2) is 14.4 Å². The molecule has 4 nitrogen and oxygen atoms in total. The molecule has 6 heteroatoms. The van der Waals surface area contributed by atoms with Crippen LogP contribution in [0.3, 0.4) is 0 Å². The number of aryl methyl sites for hydroxylation is 1. The van der Waals surface area contributed by atoms with E-state index in [1.54, 1.807) is 12.1 Å². The Hall–Kier alpha value is -2.01. The van der Waals surface area contributed by atoms with E-state index in [1.165, 1.54) is 12.1 Å². The van der Waals surface area contributed by atoms with Crippen molar-refractivity contribution in [3.8, 4) is 0 Å². The van der Waals surface area contributed by atoms with Gasteiger partial charge in [0.2, 0.25) is 0 Å². The number of halogens is 2. The lowest BCUT2D eigenvalue weighted by Crippen LogP contribution is -2.37. The smallest absolute Gasteiger partial charge is 0.166 e. The third-order valence-corrected chi connectivity index (χ3v) is 5.01. The van der Waals surface area contributed by atoms with E-state index in [9.17, 15) is 9.18 Å². The van der Waals surface area contributed by atoms with E-state index >= 15 is 0 Å². The Bertz CT molecular complexity index is 771. The van der Waals surface area contributed by atoms with Crippen molar-refractivity contribution in [2.75, 3.05) is 18.0 Å². The Balaban J connectivity index is 1.72. The van der Waals surface area contributed by atoms with Crippen LogP contribution in [0.2, 0.25) is 5.15 Å². The van der Waals surface area contributed by atoms with Crippen molar-refractivity contribution in [1.82, 2.24) is 9.97 Å². The molecule has 0 saturated carbocycles. The van der Waals surface area contributed by atoms with Crippen molar-refractivity contribution in [2.24, 2.45) is 5.92 Å². The minimum absolute atomic E-state index is 0.0369. The third-order valence-electron chi connectivity index (χ3n) is 4.69. The number of carbonyl (C=O) groups is 1. The summed E-state index contributed by atoms with van der Waals surface area (Å²) in [5.41, 5.74) is 1.53. The highest BCUT2D eigenvalue weighted by Crippen LogP contribution is 2.30. The summed E-state index contributed by atoms with van der Waals surface area (Å²) in [6.07, 6.45) is 2.27. The maximum atomic E-state index is 13.0. The van der Waals surface area contributed by atoms with E-state index in [2.05, 4.69) is 14.9 Å². The molecule has 1 aliphatic heterocycles. The average Bonchev–Trinajstić information content (AvgIpc) is 2.61. The fourth-order valence-corrected chi connectivity index (χ4v) is 3.66. The Morgan fingerprint density at radius 1 is 1.24 bits per heavy atom. The number of nitrogens with zero attached hydrogens (tertiary/aromatic N) is 3. The van der Waals surface area contributed by atoms with E-state index < -0.39 is 0 Å². The number of aromatic nitrogens is 2. The second-order valence-corrected chi connectivity index (χ2v) is 6.71. The molecule has 0 radical (unpaired) electrons. The third kappa shape index (κ3) is 3.82. The summed E-state index contributed by atoms with van der Waals surface area (Å²) in [5, 5.41) is 0.509. The highest BCUT2D eigenvalue weighted by molar-refractivity contribution is 6.30. The molecule has 1 fully saturated rings. The molecule has 0 atom stereocenters. The second-order valence-electron chi connectivity index (χ2n) is 6.35. The standard InChI is InChI=1S/C19H21ClFN3O/c1-3-16-18(20)22-12(2)23-19(16)24-10-8-14(9-11-24)17(25)13-4-6-15(21)7-5-13/h4-7,14H,3,8-11H2,1-2H3. The van der Waals surface area contributed by atoms with Crippen molar-refractivity contribution in [1.29, 1.82) is 0 Å². The molecule has 25 heavy (non-hydrogen) atoms. The van der Waals surface area contributed by atoms with Crippen LogP contribution >= 0.6 is 11.6 Å². The quantitative estimate of drug-likeness (QED) is 0.603. The normalized spacial score (nSPS) is 15.4. The lowest BCUT2D eigenvalue weighted by atomic mass is 9.88. The highest BCUT2D eigenvalue weighted by atomic mass is 35.5. The number of carbonyl (C=O) groups excluding carboxylic acids is 1. The summed E-state index contributed by atoms with van der Waals surface area (Å²) >= 11 is 6.26. The van der Waals surface area contributed by atoms with Gasteiger partial charge in [0.15, 0.2) is 5.78 Å². The minimum Gasteiger partial charge on any atom is -0.356 e. The van der Waals surface area contributed by atoms with Crippen LogP contribution < -0.4 is 4.90 Å². The van der Waals surface area contributed by atoms with Crippen LogP contribution in [-0.2, 0) is 6.42 Å². The van der Waals surface area contributed by atoms with Gasteiger partial charge in [-0.2, -0.15) is 0 Å². The van der Waals surface area contributed by atoms with Gasteiger partial charge in [0.1, 0.15) is 22.6 Å². The van der Waals surface area contributed by atoms with Gasteiger partial charge in [-0.05, 0) is 50.5 Å². The SMILES string of the molecule is CCc1c(Cl)nc(C)nc1N1CCC(C(=O)c2ccc(F)cc2)CC1. The van der Waals surface area contributed by atoms with Crippen LogP contribution in [0.25, 0.3) is 0 Å². The zero-order valence-electron chi connectivity index (χ0n) is 14.4. The number of ketones is 1. The van der Waals surface area contributed by atoms with E-state index in [4.69, 9.17) is 11.6 Å². The summed E-state index contributed by atoms with van der Waals surface area (Å²) < 4.78 is 13.0. The lowest BCUT2D eigenvalue weighted by molar-refractivity contribution is 0.0900. The summed E-state index contributed by atoms with van der Waals surface area (Å²) in [5.74, 6) is 1.27. The number of Topliss-reactive ketones (excluding diaryl/α,β-unsaturated/α-hetero) is 1. The number of piperidine rings is 1. The predicted molar refractivity (Wildman–Crippen MR) is 96.8 cm³/mol. The van der Waals surface area contributed by atoms with Gasteiger partial charge >= 0.3 is 0 Å². The molecule has 1 aromatic heterocycles. The van der Waals surface area contributed by atoms with Crippen molar-refractivity contribution in [3.05, 3.63) is 52.2 Å². The number of anilines is 1. The first-order valence-electron chi connectivity index (χ1n) is 8.57. The van der Waals surface area contributed by atoms with Crippen molar-refractivity contribution in [3.63, 3.8) is 0 Å². The second kappa shape index (κ2) is 7.48. The van der Waals surface area contributed by atoms with Crippen molar-refractivity contribution < 1.29 is 9.18 Å². The van der Waals surface area contributed by atoms with Gasteiger partial charge in [0.05, 0.1) is 0 Å². The molecule has 0 N–H and O–H groups in total. The van der Waals surface area contributed by atoms with E-state index in [-0.39, 0.29) is 17.5 Å². The van der Waals surface area contributed by atoms with E-state index in [0.717, 1.165) is 43.7 Å². The molecule has 2 aromatic rings. The van der Waals surface area contributed by atoms with Crippen LogP contribution in [0.1, 0.15) is 41.5 Å². The maximum Gasteiger partial charge on any atom is 0.166 e. The number of benzene rings is 1. The summed E-state index contributed by atoms with van der Waals surface area (Å²) in [4.78, 5) is 23.6. The molecule has 0 aliphatic carbocycles. The molecule has 0 unspecified atom stereocenters. The van der Waals surface area contributed by atoms with Gasteiger partial charge in [0, 0.05) is 30.1 Å². The first kappa shape index (κ1) is 17.8. The van der Waals surface area contributed by atoms with Crippen molar-refractivity contribution >= 4 is 23.2 Å². The Morgan fingerprint density at radius 2 is 1.88 bits per heavy atom. The number of hydrogen-bond acceptors (Lipinski definition) is 4. The molecule has 0 bridgehead atoms. The van der Waals surface area contributed by atoms with Crippen LogP contribution in [0.5, 0.6) is 0 Å². The molecule has 1 aromatic carbocycles. The Labute approximate surface area is 152 Å². The van der Waals surface area contributed by atoms with Crippen LogP contribution in [0, 0.1) is 18.7 Å². The molecule has 0 spiro atoms. The molecular formula is C19H21ClFN3O. The largest absolute Gasteiger partial charge is 0.356 e. The van der Waals surface area contributed by atoms with Gasteiger partial charge in [-0.1, -0.05) is 18.5 Å². The molecule has 3 rings (SSSR count). The fraction of sp³-hybridized carbons (Fsp3) is 0.421. The van der Waals surface area contributed by atoms with Crippen molar-refractivity contribution in [2.45, 2.75) is 33.1 Å². The average molecular weight is 362 g/mol. The molecule has 1 saturated heterocycles. The first-order valence-corrected chi connectivity index (χ1v) is 8.95. The summed E-state index contributed by atoms with van der Waals surface area (Å²) in [6.45, 7) is 5.36. The lowest BCUT2D eigenvalue weighted by Gasteiger charge is -2.33. The van der Waals surface area contributed by atoms with Crippen LogP contribution in [-0.4, -0.2) is 28.8 Å². The highest BCUT2D eigenvalue weighted by Gasteiger charge is 2.28. The molecule has 1 aliphatic rings.